The Bertz CT molecular complexity index is 298. The smallest absolute Gasteiger partial charge is 0.368 e. The van der Waals surface area contributed by atoms with Gasteiger partial charge in [-0.05, 0) is 6.92 Å². The lowest BCUT2D eigenvalue weighted by atomic mass is 10.4. The van der Waals surface area contributed by atoms with Crippen LogP contribution in [-0.2, 0) is 0 Å². The SMILES string of the molecule is Cc1cncc(NCCC(F)(F)F)n1. The highest BCUT2D eigenvalue weighted by atomic mass is 19.4. The van der Waals surface area contributed by atoms with Crippen LogP contribution in [0.4, 0.5) is 19.0 Å². The molecular weight excluding hydrogens is 195 g/mol. The Kier molecular flexibility index (Phi) is 3.27. The van der Waals surface area contributed by atoms with E-state index in [4.69, 9.17) is 0 Å². The van der Waals surface area contributed by atoms with Crippen LogP contribution in [0.25, 0.3) is 0 Å². The first-order valence-corrected chi connectivity index (χ1v) is 4.07. The van der Waals surface area contributed by atoms with Crippen molar-refractivity contribution in [3.8, 4) is 0 Å². The summed E-state index contributed by atoms with van der Waals surface area (Å²) in [6.07, 6.45) is -2.08. The minimum absolute atomic E-state index is 0.179. The molecule has 0 unspecified atom stereocenters. The van der Waals surface area contributed by atoms with Gasteiger partial charge in [0.1, 0.15) is 5.82 Å². The van der Waals surface area contributed by atoms with Crippen LogP contribution in [0.3, 0.4) is 0 Å². The van der Waals surface area contributed by atoms with E-state index in [9.17, 15) is 13.2 Å². The Hall–Kier alpha value is -1.33. The summed E-state index contributed by atoms with van der Waals surface area (Å²) < 4.78 is 35.3. The van der Waals surface area contributed by atoms with Crippen molar-refractivity contribution >= 4 is 5.82 Å². The standard InChI is InChI=1S/C8H10F3N3/c1-6-4-12-5-7(14-6)13-3-2-8(9,10)11/h4-5H,2-3H2,1H3,(H,13,14). The van der Waals surface area contributed by atoms with E-state index in [1.807, 2.05) is 0 Å². The first kappa shape index (κ1) is 10.7. The van der Waals surface area contributed by atoms with Gasteiger partial charge < -0.3 is 5.32 Å². The predicted molar refractivity (Wildman–Crippen MR) is 45.9 cm³/mol. The van der Waals surface area contributed by atoms with Gasteiger partial charge in [0.25, 0.3) is 0 Å². The van der Waals surface area contributed by atoms with Crippen molar-refractivity contribution in [3.05, 3.63) is 18.1 Å². The highest BCUT2D eigenvalue weighted by Crippen LogP contribution is 2.18. The highest BCUT2D eigenvalue weighted by Gasteiger charge is 2.26. The van der Waals surface area contributed by atoms with Gasteiger partial charge in [-0.25, -0.2) is 4.98 Å². The second-order valence-corrected chi connectivity index (χ2v) is 2.84. The third-order valence-corrected chi connectivity index (χ3v) is 1.47. The Balaban J connectivity index is 2.39. The summed E-state index contributed by atoms with van der Waals surface area (Å²) in [5.41, 5.74) is 0.669. The molecule has 6 heteroatoms. The molecule has 0 aromatic carbocycles. The molecule has 1 aromatic rings. The number of aryl methyl sites for hydroxylation is 1. The summed E-state index contributed by atoms with van der Waals surface area (Å²) in [5.74, 6) is 0.370. The van der Waals surface area contributed by atoms with Crippen molar-refractivity contribution in [2.75, 3.05) is 11.9 Å². The van der Waals surface area contributed by atoms with Gasteiger partial charge in [0.2, 0.25) is 0 Å². The average molecular weight is 205 g/mol. The van der Waals surface area contributed by atoms with Gasteiger partial charge in [0.05, 0.1) is 18.3 Å². The molecule has 1 N–H and O–H groups in total. The Labute approximate surface area is 79.4 Å². The van der Waals surface area contributed by atoms with Crippen LogP contribution < -0.4 is 5.32 Å². The van der Waals surface area contributed by atoms with Gasteiger partial charge in [-0.3, -0.25) is 4.98 Å². The van der Waals surface area contributed by atoms with E-state index >= 15 is 0 Å². The number of halogens is 3. The van der Waals surface area contributed by atoms with E-state index in [1.165, 1.54) is 12.4 Å². The zero-order valence-electron chi connectivity index (χ0n) is 7.60. The fourth-order valence-corrected chi connectivity index (χ4v) is 0.881. The molecule has 1 rings (SSSR count). The second kappa shape index (κ2) is 4.26. The monoisotopic (exact) mass is 205 g/mol. The van der Waals surface area contributed by atoms with E-state index in [2.05, 4.69) is 15.3 Å². The number of anilines is 1. The van der Waals surface area contributed by atoms with Crippen LogP contribution >= 0.6 is 0 Å². The second-order valence-electron chi connectivity index (χ2n) is 2.84. The lowest BCUT2D eigenvalue weighted by Crippen LogP contribution is -2.15. The maximum Gasteiger partial charge on any atom is 0.390 e. The molecule has 0 aliphatic heterocycles. The Morgan fingerprint density at radius 1 is 1.36 bits per heavy atom. The molecule has 0 aliphatic carbocycles. The minimum atomic E-state index is -4.13. The maximum absolute atomic E-state index is 11.8. The number of rotatable bonds is 3. The van der Waals surface area contributed by atoms with Crippen LogP contribution in [0, 0.1) is 6.92 Å². The van der Waals surface area contributed by atoms with Crippen LogP contribution in [0.5, 0.6) is 0 Å². The van der Waals surface area contributed by atoms with Gasteiger partial charge in [0, 0.05) is 12.7 Å². The maximum atomic E-state index is 11.8. The van der Waals surface area contributed by atoms with Gasteiger partial charge in [0.15, 0.2) is 0 Å². The summed E-state index contributed by atoms with van der Waals surface area (Å²) in [4.78, 5) is 7.74. The molecule has 1 heterocycles. The molecule has 1 aromatic heterocycles. The van der Waals surface area contributed by atoms with Crippen molar-refractivity contribution in [3.63, 3.8) is 0 Å². The first-order valence-electron chi connectivity index (χ1n) is 4.07. The molecule has 0 spiro atoms. The van der Waals surface area contributed by atoms with Gasteiger partial charge in [-0.15, -0.1) is 0 Å². The van der Waals surface area contributed by atoms with Crippen molar-refractivity contribution in [1.29, 1.82) is 0 Å². The molecule has 0 fully saturated rings. The quantitative estimate of drug-likeness (QED) is 0.821. The van der Waals surface area contributed by atoms with Crippen molar-refractivity contribution < 1.29 is 13.2 Å². The fourth-order valence-electron chi connectivity index (χ4n) is 0.881. The molecule has 0 atom stereocenters. The van der Waals surface area contributed by atoms with E-state index < -0.39 is 12.6 Å². The van der Waals surface area contributed by atoms with Gasteiger partial charge >= 0.3 is 6.18 Å². The topological polar surface area (TPSA) is 37.8 Å². The van der Waals surface area contributed by atoms with Crippen LogP contribution in [0.15, 0.2) is 12.4 Å². The zero-order valence-corrected chi connectivity index (χ0v) is 7.60. The number of nitrogens with one attached hydrogen (secondary N) is 1. The van der Waals surface area contributed by atoms with E-state index in [1.54, 1.807) is 6.92 Å². The van der Waals surface area contributed by atoms with Crippen LogP contribution in [-0.4, -0.2) is 22.7 Å². The largest absolute Gasteiger partial charge is 0.390 e. The summed E-state index contributed by atoms with van der Waals surface area (Å²) in [6, 6.07) is 0. The van der Waals surface area contributed by atoms with Gasteiger partial charge in [-0.1, -0.05) is 0 Å². The predicted octanol–water partition coefficient (Wildman–Crippen LogP) is 2.15. The molecule has 0 saturated heterocycles. The normalized spacial score (nSPS) is 11.4. The van der Waals surface area contributed by atoms with Crippen molar-refractivity contribution in [2.45, 2.75) is 19.5 Å². The van der Waals surface area contributed by atoms with E-state index in [0.29, 0.717) is 11.5 Å². The molecule has 0 bridgehead atoms. The number of hydrogen-bond acceptors (Lipinski definition) is 3. The Morgan fingerprint density at radius 2 is 2.07 bits per heavy atom. The highest BCUT2D eigenvalue weighted by molar-refractivity contribution is 5.31. The molecule has 14 heavy (non-hydrogen) atoms. The summed E-state index contributed by atoms with van der Waals surface area (Å²) >= 11 is 0. The van der Waals surface area contributed by atoms with E-state index in [-0.39, 0.29) is 6.54 Å². The van der Waals surface area contributed by atoms with E-state index in [0.717, 1.165) is 0 Å². The lowest BCUT2D eigenvalue weighted by Gasteiger charge is -2.07. The summed E-state index contributed by atoms with van der Waals surface area (Å²) in [5, 5.41) is 2.55. The molecular formula is C8H10F3N3. The number of alkyl halides is 3. The minimum Gasteiger partial charge on any atom is -0.368 e. The number of aromatic nitrogens is 2. The van der Waals surface area contributed by atoms with Gasteiger partial charge in [-0.2, -0.15) is 13.2 Å². The summed E-state index contributed by atoms with van der Waals surface area (Å²) in [7, 11) is 0. The molecule has 3 nitrogen and oxygen atoms in total. The Morgan fingerprint density at radius 3 is 2.64 bits per heavy atom. The van der Waals surface area contributed by atoms with Crippen molar-refractivity contribution in [1.82, 2.24) is 9.97 Å². The molecule has 0 saturated carbocycles. The first-order chi connectivity index (χ1) is 6.47. The summed E-state index contributed by atoms with van der Waals surface area (Å²) in [6.45, 7) is 1.55. The van der Waals surface area contributed by atoms with Crippen LogP contribution in [0.2, 0.25) is 0 Å². The lowest BCUT2D eigenvalue weighted by molar-refractivity contribution is -0.131. The van der Waals surface area contributed by atoms with Crippen LogP contribution in [0.1, 0.15) is 12.1 Å². The molecule has 0 aliphatic rings. The fraction of sp³-hybridized carbons (Fsp3) is 0.500. The molecule has 0 radical (unpaired) electrons. The molecule has 78 valence electrons. The number of nitrogens with zero attached hydrogens (tertiary/aromatic N) is 2. The average Bonchev–Trinajstić information content (AvgIpc) is 2.01. The third-order valence-electron chi connectivity index (χ3n) is 1.47. The number of hydrogen-bond donors (Lipinski definition) is 1. The van der Waals surface area contributed by atoms with Crippen molar-refractivity contribution in [2.24, 2.45) is 0 Å². The third kappa shape index (κ3) is 4.06. The zero-order chi connectivity index (χ0) is 10.6. The molecule has 0 amide bonds.